The zero-order chi connectivity index (χ0) is 13.9. The Labute approximate surface area is 119 Å². The second-order valence-electron chi connectivity index (χ2n) is 5.71. The van der Waals surface area contributed by atoms with Crippen molar-refractivity contribution in [2.75, 3.05) is 23.8 Å². The van der Waals surface area contributed by atoms with Crippen LogP contribution in [0.15, 0.2) is 18.2 Å². The van der Waals surface area contributed by atoms with Crippen LogP contribution in [0, 0.1) is 0 Å². The van der Waals surface area contributed by atoms with E-state index in [1.54, 1.807) is 0 Å². The number of carbonyl (C=O) groups is 1. The first-order valence-corrected chi connectivity index (χ1v) is 7.55. The number of nitrogens with two attached hydrogens (primary N) is 1. The number of carbonyl (C=O) groups excluding carboxylic acids is 1. The van der Waals surface area contributed by atoms with Crippen LogP contribution in [0.4, 0.5) is 11.4 Å². The highest BCUT2D eigenvalue weighted by atomic mass is 16.5. The lowest BCUT2D eigenvalue weighted by molar-refractivity contribution is -0.125. The molecule has 1 heterocycles. The van der Waals surface area contributed by atoms with E-state index in [0.717, 1.165) is 49.2 Å². The van der Waals surface area contributed by atoms with Crippen molar-refractivity contribution < 1.29 is 9.53 Å². The zero-order valence-electron chi connectivity index (χ0n) is 11.8. The van der Waals surface area contributed by atoms with Gasteiger partial charge in [-0.2, -0.15) is 0 Å². The molecule has 2 N–H and O–H groups in total. The van der Waals surface area contributed by atoms with Gasteiger partial charge >= 0.3 is 0 Å². The van der Waals surface area contributed by atoms with Gasteiger partial charge in [0.2, 0.25) is 0 Å². The molecule has 108 valence electrons. The third-order valence-electron chi connectivity index (χ3n) is 4.33. The van der Waals surface area contributed by atoms with Gasteiger partial charge in [-0.1, -0.05) is 18.9 Å². The van der Waals surface area contributed by atoms with Gasteiger partial charge in [0.15, 0.2) is 0 Å². The van der Waals surface area contributed by atoms with Crippen LogP contribution in [0.5, 0.6) is 0 Å². The van der Waals surface area contributed by atoms with E-state index in [1.165, 1.54) is 12.8 Å². The van der Waals surface area contributed by atoms with E-state index in [4.69, 9.17) is 10.5 Å². The molecule has 1 fully saturated rings. The molecule has 4 heteroatoms. The first-order valence-electron chi connectivity index (χ1n) is 7.55. The van der Waals surface area contributed by atoms with Gasteiger partial charge in [-0.3, -0.25) is 4.79 Å². The third-order valence-corrected chi connectivity index (χ3v) is 4.33. The predicted octanol–water partition coefficient (Wildman–Crippen LogP) is 2.51. The molecule has 4 nitrogen and oxygen atoms in total. The Morgan fingerprint density at radius 3 is 2.90 bits per heavy atom. The Hall–Kier alpha value is -1.55. The SMILES string of the molecule is Nc1cccc2c1CCCN2C(=O)COC1CCCC1. The molecular formula is C16H22N2O2. The highest BCUT2D eigenvalue weighted by molar-refractivity contribution is 5.96. The molecular weight excluding hydrogens is 252 g/mol. The van der Waals surface area contributed by atoms with Crippen LogP contribution in [0.3, 0.4) is 0 Å². The zero-order valence-corrected chi connectivity index (χ0v) is 11.8. The number of nitrogen functional groups attached to an aromatic ring is 1. The van der Waals surface area contributed by atoms with Crippen molar-refractivity contribution in [3.63, 3.8) is 0 Å². The summed E-state index contributed by atoms with van der Waals surface area (Å²) in [6, 6.07) is 5.80. The second kappa shape index (κ2) is 5.83. The molecule has 0 unspecified atom stereocenters. The van der Waals surface area contributed by atoms with Crippen LogP contribution in [-0.2, 0) is 16.0 Å². The Morgan fingerprint density at radius 1 is 1.30 bits per heavy atom. The fourth-order valence-corrected chi connectivity index (χ4v) is 3.23. The fraction of sp³-hybridized carbons (Fsp3) is 0.562. The number of hydrogen-bond acceptors (Lipinski definition) is 3. The number of rotatable bonds is 3. The van der Waals surface area contributed by atoms with Crippen LogP contribution >= 0.6 is 0 Å². The van der Waals surface area contributed by atoms with Crippen molar-refractivity contribution in [2.45, 2.75) is 44.6 Å². The fourth-order valence-electron chi connectivity index (χ4n) is 3.23. The van der Waals surface area contributed by atoms with Gasteiger partial charge in [0.05, 0.1) is 6.10 Å². The molecule has 1 saturated carbocycles. The molecule has 0 radical (unpaired) electrons. The monoisotopic (exact) mass is 274 g/mol. The molecule has 0 atom stereocenters. The van der Waals surface area contributed by atoms with Crippen molar-refractivity contribution in [2.24, 2.45) is 0 Å². The Kier molecular flexibility index (Phi) is 3.92. The van der Waals surface area contributed by atoms with Crippen molar-refractivity contribution in [1.29, 1.82) is 0 Å². The number of nitrogens with zero attached hydrogens (tertiary/aromatic N) is 1. The van der Waals surface area contributed by atoms with Gasteiger partial charge in [0.25, 0.3) is 5.91 Å². The molecule has 0 spiro atoms. The summed E-state index contributed by atoms with van der Waals surface area (Å²) in [6.45, 7) is 0.961. The minimum absolute atomic E-state index is 0.0587. The van der Waals surface area contributed by atoms with Gasteiger partial charge in [0, 0.05) is 17.9 Å². The lowest BCUT2D eigenvalue weighted by atomic mass is 10.00. The van der Waals surface area contributed by atoms with E-state index in [1.807, 2.05) is 23.1 Å². The van der Waals surface area contributed by atoms with Crippen LogP contribution < -0.4 is 10.6 Å². The van der Waals surface area contributed by atoms with E-state index in [0.29, 0.717) is 0 Å². The smallest absolute Gasteiger partial charge is 0.252 e. The summed E-state index contributed by atoms with van der Waals surface area (Å²) in [5.74, 6) is 0.0587. The minimum atomic E-state index is 0.0587. The Balaban J connectivity index is 1.68. The van der Waals surface area contributed by atoms with E-state index >= 15 is 0 Å². The summed E-state index contributed by atoms with van der Waals surface area (Å²) in [4.78, 5) is 14.2. The molecule has 1 amide bonds. The molecule has 1 aliphatic heterocycles. The summed E-state index contributed by atoms with van der Waals surface area (Å²) in [6.07, 6.45) is 6.84. The molecule has 0 aromatic heterocycles. The number of hydrogen-bond donors (Lipinski definition) is 1. The van der Waals surface area contributed by atoms with E-state index in [9.17, 15) is 4.79 Å². The van der Waals surface area contributed by atoms with Crippen LogP contribution in [-0.4, -0.2) is 25.2 Å². The van der Waals surface area contributed by atoms with Crippen molar-refractivity contribution >= 4 is 17.3 Å². The predicted molar refractivity (Wildman–Crippen MR) is 79.7 cm³/mol. The van der Waals surface area contributed by atoms with Gasteiger partial charge in [0.1, 0.15) is 6.61 Å². The lowest BCUT2D eigenvalue weighted by Gasteiger charge is -2.30. The molecule has 1 aromatic rings. The standard InChI is InChI=1S/C16H22N2O2/c17-14-8-3-9-15-13(14)7-4-10-18(15)16(19)11-20-12-5-1-2-6-12/h3,8-9,12H,1-2,4-7,10-11,17H2. The van der Waals surface area contributed by atoms with Crippen LogP contribution in [0.2, 0.25) is 0 Å². The minimum Gasteiger partial charge on any atom is -0.398 e. The van der Waals surface area contributed by atoms with Crippen molar-refractivity contribution in [1.82, 2.24) is 0 Å². The highest BCUT2D eigenvalue weighted by Gasteiger charge is 2.25. The molecule has 3 rings (SSSR count). The maximum absolute atomic E-state index is 12.4. The molecule has 1 aliphatic carbocycles. The number of fused-ring (bicyclic) bond motifs is 1. The third kappa shape index (κ3) is 2.66. The summed E-state index contributed by atoms with van der Waals surface area (Å²) in [5, 5.41) is 0. The molecule has 0 saturated heterocycles. The number of anilines is 2. The van der Waals surface area contributed by atoms with Crippen LogP contribution in [0.25, 0.3) is 0 Å². The number of benzene rings is 1. The average molecular weight is 274 g/mol. The highest BCUT2D eigenvalue weighted by Crippen LogP contribution is 2.31. The van der Waals surface area contributed by atoms with Crippen molar-refractivity contribution in [3.05, 3.63) is 23.8 Å². The Morgan fingerprint density at radius 2 is 2.10 bits per heavy atom. The maximum Gasteiger partial charge on any atom is 0.252 e. The Bertz CT molecular complexity index is 495. The maximum atomic E-state index is 12.4. The summed E-state index contributed by atoms with van der Waals surface area (Å²) >= 11 is 0. The summed E-state index contributed by atoms with van der Waals surface area (Å²) < 4.78 is 5.74. The van der Waals surface area contributed by atoms with Gasteiger partial charge in [-0.05, 0) is 43.4 Å². The van der Waals surface area contributed by atoms with E-state index in [-0.39, 0.29) is 18.6 Å². The number of ether oxygens (including phenoxy) is 1. The second-order valence-corrected chi connectivity index (χ2v) is 5.71. The first kappa shape index (κ1) is 13.4. The van der Waals surface area contributed by atoms with Crippen LogP contribution in [0.1, 0.15) is 37.7 Å². The topological polar surface area (TPSA) is 55.6 Å². The van der Waals surface area contributed by atoms with Crippen molar-refractivity contribution in [3.8, 4) is 0 Å². The van der Waals surface area contributed by atoms with E-state index in [2.05, 4.69) is 0 Å². The van der Waals surface area contributed by atoms with Gasteiger partial charge in [-0.25, -0.2) is 0 Å². The normalized spacial score (nSPS) is 19.1. The average Bonchev–Trinajstić information content (AvgIpc) is 2.98. The molecule has 2 aliphatic rings. The summed E-state index contributed by atoms with van der Waals surface area (Å²) in [5.41, 5.74) is 8.87. The van der Waals surface area contributed by atoms with Gasteiger partial charge in [-0.15, -0.1) is 0 Å². The first-order chi connectivity index (χ1) is 9.75. The quantitative estimate of drug-likeness (QED) is 0.862. The van der Waals surface area contributed by atoms with E-state index < -0.39 is 0 Å². The molecule has 0 bridgehead atoms. The number of amides is 1. The summed E-state index contributed by atoms with van der Waals surface area (Å²) in [7, 11) is 0. The molecule has 1 aromatic carbocycles. The molecule has 20 heavy (non-hydrogen) atoms. The van der Waals surface area contributed by atoms with Gasteiger partial charge < -0.3 is 15.4 Å². The lowest BCUT2D eigenvalue weighted by Crippen LogP contribution is -2.38. The largest absolute Gasteiger partial charge is 0.398 e.